The van der Waals surface area contributed by atoms with Gasteiger partial charge in [-0.1, -0.05) is 47.6 Å². The zero-order valence-corrected chi connectivity index (χ0v) is 27.8. The van der Waals surface area contributed by atoms with E-state index in [9.17, 15) is 28.4 Å². The van der Waals surface area contributed by atoms with Crippen LogP contribution in [0.25, 0.3) is 0 Å². The number of hydrogen-bond acceptors (Lipinski definition) is 8. The van der Waals surface area contributed by atoms with Gasteiger partial charge in [-0.3, -0.25) is 9.59 Å². The molecule has 0 aliphatic heterocycles. The van der Waals surface area contributed by atoms with E-state index in [1.807, 2.05) is 20.8 Å². The number of aliphatic hydroxyl groups is 1. The molecule has 1 aromatic heterocycles. The second-order valence-corrected chi connectivity index (χ2v) is 18.2. The van der Waals surface area contributed by atoms with Gasteiger partial charge in [0.1, 0.15) is 11.7 Å². The van der Waals surface area contributed by atoms with Gasteiger partial charge in [-0.2, -0.15) is 5.26 Å². The zero-order valence-electron chi connectivity index (χ0n) is 26.2. The first kappa shape index (κ1) is 30.8. The SMILES string of the molecule is CC1(C)C(=O)C(C#N)=C[C@]2(C)C3=CC(=O)[C@]4(O)[C@@H]5C[C@@](C)(NS(=O)(=O)c6cscn6)CC[C@]5(C)CC[C@@]4(C)[C@]3(C)CC[C@@H]12. The zero-order chi connectivity index (χ0) is 31.6. The average molecular weight is 626 g/mol. The topological polar surface area (TPSA) is 137 Å². The second kappa shape index (κ2) is 8.96. The molecule has 8 nitrogen and oxygen atoms in total. The maximum atomic E-state index is 14.6. The highest BCUT2D eigenvalue weighted by atomic mass is 32.2. The van der Waals surface area contributed by atoms with E-state index < -0.39 is 48.7 Å². The van der Waals surface area contributed by atoms with Crippen LogP contribution in [0.2, 0.25) is 0 Å². The molecule has 0 aromatic carbocycles. The van der Waals surface area contributed by atoms with Crippen LogP contribution in [-0.2, 0) is 19.6 Å². The number of nitrogens with zero attached hydrogens (tertiary/aromatic N) is 2. The van der Waals surface area contributed by atoms with Gasteiger partial charge in [-0.25, -0.2) is 18.1 Å². The molecule has 2 N–H and O–H groups in total. The highest BCUT2D eigenvalue weighted by Crippen LogP contribution is 2.75. The van der Waals surface area contributed by atoms with Crippen molar-refractivity contribution in [1.82, 2.24) is 9.71 Å². The molecular formula is C33H43N3O5S2. The molecule has 1 heterocycles. The van der Waals surface area contributed by atoms with Gasteiger partial charge < -0.3 is 5.11 Å². The van der Waals surface area contributed by atoms with Crippen LogP contribution in [0.3, 0.4) is 0 Å². The molecule has 6 rings (SSSR count). The summed E-state index contributed by atoms with van der Waals surface area (Å²) in [4.78, 5) is 31.9. The molecule has 43 heavy (non-hydrogen) atoms. The van der Waals surface area contributed by atoms with Crippen LogP contribution < -0.4 is 4.72 Å². The normalized spacial score (nSPS) is 45.5. The number of sulfonamides is 1. The molecule has 3 saturated carbocycles. The van der Waals surface area contributed by atoms with Crippen LogP contribution in [0.15, 0.2) is 39.2 Å². The fraction of sp³-hybridized carbons (Fsp3) is 0.697. The van der Waals surface area contributed by atoms with Gasteiger partial charge in [-0.15, -0.1) is 11.3 Å². The third kappa shape index (κ3) is 3.77. The number of hydrogen-bond donors (Lipinski definition) is 2. The molecule has 5 aliphatic carbocycles. The lowest BCUT2D eigenvalue weighted by atomic mass is 9.33. The van der Waals surface area contributed by atoms with Crippen molar-refractivity contribution in [3.8, 4) is 6.07 Å². The summed E-state index contributed by atoms with van der Waals surface area (Å²) in [7, 11) is -3.88. The van der Waals surface area contributed by atoms with Crippen molar-refractivity contribution < 1.29 is 23.1 Å². The second-order valence-electron chi connectivity index (χ2n) is 15.9. The van der Waals surface area contributed by atoms with Crippen LogP contribution >= 0.6 is 11.3 Å². The Kier molecular flexibility index (Phi) is 6.42. The molecule has 0 bridgehead atoms. The van der Waals surface area contributed by atoms with E-state index in [1.165, 1.54) is 22.2 Å². The van der Waals surface area contributed by atoms with Crippen molar-refractivity contribution in [2.24, 2.45) is 38.9 Å². The molecule has 0 spiro atoms. The minimum Gasteiger partial charge on any atom is -0.381 e. The Hall–Kier alpha value is -2.19. The molecule has 8 atom stereocenters. The first-order valence-corrected chi connectivity index (χ1v) is 17.8. The predicted molar refractivity (Wildman–Crippen MR) is 163 cm³/mol. The Labute approximate surface area is 259 Å². The molecule has 10 heteroatoms. The van der Waals surface area contributed by atoms with E-state index in [-0.39, 0.29) is 33.5 Å². The Morgan fingerprint density at radius 3 is 2.33 bits per heavy atom. The number of Topliss-reactive ketones (excluding diaryl/α,β-unsaturated/α-hetero) is 1. The van der Waals surface area contributed by atoms with Crippen molar-refractivity contribution in [2.45, 2.75) is 110 Å². The van der Waals surface area contributed by atoms with Gasteiger partial charge in [0, 0.05) is 33.1 Å². The number of carbonyl (C=O) groups is 2. The number of nitrogens with one attached hydrogen (secondary N) is 1. The minimum atomic E-state index is -3.88. The molecule has 5 aliphatic rings. The summed E-state index contributed by atoms with van der Waals surface area (Å²) in [5.74, 6) is -1.05. The van der Waals surface area contributed by atoms with Gasteiger partial charge >= 0.3 is 0 Å². The number of nitriles is 1. The van der Waals surface area contributed by atoms with E-state index in [0.29, 0.717) is 32.1 Å². The fourth-order valence-electron chi connectivity index (χ4n) is 10.6. The minimum absolute atomic E-state index is 0.0169. The standard InChI is InChI=1S/C33H43N3O5S2/c1-27(2)21-8-9-31(6)22(30(21,5)15-20(17-34)26(27)38)14-24(37)33(39)23-16-29(4,36-43(40,41)25-18-42-19-35-25)12-10-28(23,3)11-13-32(31,33)7/h14-15,18-19,21,23,36,39H,8-13,16H2,1-7H3/t21-,23+,28+,29-,30-,31+,32-,33+/m0/s1. The van der Waals surface area contributed by atoms with Gasteiger partial charge in [0.25, 0.3) is 10.0 Å². The number of fused-ring (bicyclic) bond motifs is 7. The number of carbonyl (C=O) groups excluding carboxylic acids is 2. The van der Waals surface area contributed by atoms with Crippen molar-refractivity contribution in [1.29, 1.82) is 5.26 Å². The highest BCUT2D eigenvalue weighted by Gasteiger charge is 2.75. The number of rotatable bonds is 3. The van der Waals surface area contributed by atoms with Gasteiger partial charge in [0.15, 0.2) is 16.6 Å². The first-order chi connectivity index (χ1) is 19.7. The lowest BCUT2D eigenvalue weighted by molar-refractivity contribution is -0.239. The van der Waals surface area contributed by atoms with Crippen LogP contribution in [-0.4, -0.2) is 41.2 Å². The maximum absolute atomic E-state index is 14.6. The van der Waals surface area contributed by atoms with Crippen molar-refractivity contribution >= 4 is 32.9 Å². The smallest absolute Gasteiger partial charge is 0.259 e. The Morgan fingerprint density at radius 1 is 1.02 bits per heavy atom. The van der Waals surface area contributed by atoms with E-state index in [1.54, 1.807) is 12.2 Å². The highest BCUT2D eigenvalue weighted by molar-refractivity contribution is 7.89. The predicted octanol–water partition coefficient (Wildman–Crippen LogP) is 5.51. The molecule has 3 fully saturated rings. The average Bonchev–Trinajstić information content (AvgIpc) is 3.47. The summed E-state index contributed by atoms with van der Waals surface area (Å²) in [5, 5.41) is 24.4. The number of ketones is 2. The summed E-state index contributed by atoms with van der Waals surface area (Å²) in [6, 6.07) is 2.13. The first-order valence-electron chi connectivity index (χ1n) is 15.3. The van der Waals surface area contributed by atoms with Crippen LogP contribution in [0.4, 0.5) is 0 Å². The number of aromatic nitrogens is 1. The van der Waals surface area contributed by atoms with Crippen molar-refractivity contribution in [2.75, 3.05) is 0 Å². The third-order valence-electron chi connectivity index (χ3n) is 13.3. The van der Waals surface area contributed by atoms with E-state index >= 15 is 0 Å². The third-order valence-corrected chi connectivity index (χ3v) is 15.6. The van der Waals surface area contributed by atoms with Crippen molar-refractivity contribution in [3.63, 3.8) is 0 Å². The summed E-state index contributed by atoms with van der Waals surface area (Å²) < 4.78 is 29.5. The van der Waals surface area contributed by atoms with Gasteiger partial charge in [-0.05, 0) is 80.3 Å². The van der Waals surface area contributed by atoms with E-state index in [2.05, 4.69) is 43.5 Å². The largest absolute Gasteiger partial charge is 0.381 e. The maximum Gasteiger partial charge on any atom is 0.259 e. The summed E-state index contributed by atoms with van der Waals surface area (Å²) in [6.07, 6.45) is 7.93. The lowest BCUT2D eigenvalue weighted by Crippen LogP contribution is -2.74. The molecule has 1 aromatic rings. The number of thiazole rings is 1. The van der Waals surface area contributed by atoms with Crippen LogP contribution in [0.5, 0.6) is 0 Å². The Balaban J connectivity index is 1.47. The molecule has 0 amide bonds. The quantitative estimate of drug-likeness (QED) is 0.452. The van der Waals surface area contributed by atoms with E-state index in [0.717, 1.165) is 18.4 Å². The van der Waals surface area contributed by atoms with E-state index in [4.69, 9.17) is 0 Å². The number of allylic oxidation sites excluding steroid dienone is 3. The summed E-state index contributed by atoms with van der Waals surface area (Å²) in [5.41, 5.74) is -3.26. The lowest BCUT2D eigenvalue weighted by Gasteiger charge is -2.71. The molecule has 0 saturated heterocycles. The van der Waals surface area contributed by atoms with Crippen LogP contribution in [0, 0.1) is 50.2 Å². The van der Waals surface area contributed by atoms with Gasteiger partial charge in [0.05, 0.1) is 11.1 Å². The van der Waals surface area contributed by atoms with Crippen molar-refractivity contribution in [3.05, 3.63) is 34.2 Å². The molecular weight excluding hydrogens is 583 g/mol. The molecule has 232 valence electrons. The Morgan fingerprint density at radius 2 is 1.70 bits per heavy atom. The monoisotopic (exact) mass is 625 g/mol. The summed E-state index contributed by atoms with van der Waals surface area (Å²) in [6.45, 7) is 14.1. The summed E-state index contributed by atoms with van der Waals surface area (Å²) >= 11 is 1.22. The molecule has 0 unspecified atom stereocenters. The fourth-order valence-corrected chi connectivity index (χ4v) is 12.8. The van der Waals surface area contributed by atoms with Crippen LogP contribution in [0.1, 0.15) is 93.4 Å². The Bertz CT molecular complexity index is 1640. The van der Waals surface area contributed by atoms with Gasteiger partial charge in [0.2, 0.25) is 0 Å². The molecule has 0 radical (unpaired) electrons.